The highest BCUT2D eigenvalue weighted by Crippen LogP contribution is 2.36. The smallest absolute Gasteiger partial charge is 0.0870 e. The van der Waals surface area contributed by atoms with Crippen LogP contribution in [0, 0.1) is 0 Å². The van der Waals surface area contributed by atoms with Crippen LogP contribution in [0.4, 0.5) is 0 Å². The van der Waals surface area contributed by atoms with Gasteiger partial charge in [-0.1, -0.05) is 57.5 Å². The molecule has 1 aliphatic carbocycles. The van der Waals surface area contributed by atoms with Crippen molar-refractivity contribution in [2.45, 2.75) is 25.2 Å². The standard InChI is InChI=1S/C17H16BrNO/c18-14-7-8-15-16(11-14)13(6-9-17(15)19-20)10-12-4-2-1-3-5-12/h1-5,7-8,11,13,20H,6,9-10H2/b19-17-. The largest absolute Gasteiger partial charge is 0.411 e. The third-order valence-electron chi connectivity index (χ3n) is 3.94. The Balaban J connectivity index is 1.96. The summed E-state index contributed by atoms with van der Waals surface area (Å²) in [5, 5.41) is 12.6. The molecule has 1 atom stereocenters. The maximum Gasteiger partial charge on any atom is 0.0870 e. The van der Waals surface area contributed by atoms with Crippen molar-refractivity contribution >= 4 is 21.6 Å². The van der Waals surface area contributed by atoms with E-state index in [0.717, 1.165) is 35.0 Å². The molecule has 0 bridgehead atoms. The molecule has 1 N–H and O–H groups in total. The number of hydrogen-bond acceptors (Lipinski definition) is 2. The first-order valence-electron chi connectivity index (χ1n) is 6.82. The summed E-state index contributed by atoms with van der Waals surface area (Å²) < 4.78 is 1.08. The molecule has 2 aromatic carbocycles. The van der Waals surface area contributed by atoms with Crippen LogP contribution in [0.3, 0.4) is 0 Å². The second-order valence-electron chi connectivity index (χ2n) is 5.20. The van der Waals surface area contributed by atoms with Gasteiger partial charge in [-0.05, 0) is 48.4 Å². The first-order chi connectivity index (χ1) is 9.78. The lowest BCUT2D eigenvalue weighted by molar-refractivity contribution is 0.317. The number of nitrogens with zero attached hydrogens (tertiary/aromatic N) is 1. The third-order valence-corrected chi connectivity index (χ3v) is 4.43. The minimum absolute atomic E-state index is 0.482. The van der Waals surface area contributed by atoms with Crippen LogP contribution >= 0.6 is 15.9 Å². The van der Waals surface area contributed by atoms with E-state index in [4.69, 9.17) is 5.21 Å². The number of fused-ring (bicyclic) bond motifs is 1. The topological polar surface area (TPSA) is 32.6 Å². The molecule has 0 aromatic heterocycles. The van der Waals surface area contributed by atoms with Crippen molar-refractivity contribution in [2.75, 3.05) is 0 Å². The number of halogens is 1. The van der Waals surface area contributed by atoms with Gasteiger partial charge in [0.25, 0.3) is 0 Å². The van der Waals surface area contributed by atoms with E-state index in [-0.39, 0.29) is 0 Å². The average molecular weight is 330 g/mol. The second kappa shape index (κ2) is 5.80. The van der Waals surface area contributed by atoms with Gasteiger partial charge in [0.2, 0.25) is 0 Å². The van der Waals surface area contributed by atoms with E-state index in [9.17, 15) is 0 Å². The van der Waals surface area contributed by atoms with Crippen molar-refractivity contribution in [3.8, 4) is 0 Å². The molecule has 0 amide bonds. The predicted molar refractivity (Wildman–Crippen MR) is 84.6 cm³/mol. The Morgan fingerprint density at radius 3 is 2.70 bits per heavy atom. The normalized spacial score (nSPS) is 19.9. The molecule has 102 valence electrons. The van der Waals surface area contributed by atoms with Crippen LogP contribution in [0.25, 0.3) is 0 Å². The van der Waals surface area contributed by atoms with Crippen LogP contribution < -0.4 is 0 Å². The highest BCUT2D eigenvalue weighted by molar-refractivity contribution is 9.10. The maximum absolute atomic E-state index is 9.16. The quantitative estimate of drug-likeness (QED) is 0.626. The molecule has 0 saturated heterocycles. The van der Waals surface area contributed by atoms with E-state index < -0.39 is 0 Å². The maximum atomic E-state index is 9.16. The van der Waals surface area contributed by atoms with Crippen molar-refractivity contribution in [3.05, 3.63) is 69.7 Å². The Kier molecular flexibility index (Phi) is 3.88. The van der Waals surface area contributed by atoms with Crippen LogP contribution in [0.5, 0.6) is 0 Å². The van der Waals surface area contributed by atoms with Crippen molar-refractivity contribution in [3.63, 3.8) is 0 Å². The van der Waals surface area contributed by atoms with E-state index >= 15 is 0 Å². The van der Waals surface area contributed by atoms with E-state index in [2.05, 4.69) is 51.4 Å². The first-order valence-corrected chi connectivity index (χ1v) is 7.62. The summed E-state index contributed by atoms with van der Waals surface area (Å²) >= 11 is 3.54. The van der Waals surface area contributed by atoms with Crippen LogP contribution in [0.15, 0.2) is 58.2 Å². The Morgan fingerprint density at radius 1 is 1.15 bits per heavy atom. The fourth-order valence-corrected chi connectivity index (χ4v) is 3.33. The van der Waals surface area contributed by atoms with Gasteiger partial charge in [0.1, 0.15) is 0 Å². The summed E-state index contributed by atoms with van der Waals surface area (Å²) in [6.07, 6.45) is 2.89. The third kappa shape index (κ3) is 2.63. The van der Waals surface area contributed by atoms with Crippen molar-refractivity contribution < 1.29 is 5.21 Å². The molecular formula is C17H16BrNO. The molecular weight excluding hydrogens is 314 g/mol. The molecule has 0 heterocycles. The zero-order valence-corrected chi connectivity index (χ0v) is 12.7. The average Bonchev–Trinajstić information content (AvgIpc) is 2.49. The van der Waals surface area contributed by atoms with Crippen LogP contribution in [0.2, 0.25) is 0 Å². The van der Waals surface area contributed by atoms with Crippen molar-refractivity contribution in [2.24, 2.45) is 5.16 Å². The molecule has 2 nitrogen and oxygen atoms in total. The SMILES string of the molecule is O/N=C1/CCC(Cc2ccccc2)c2cc(Br)ccc21. The van der Waals surface area contributed by atoms with Crippen LogP contribution in [0.1, 0.15) is 35.4 Å². The van der Waals surface area contributed by atoms with E-state index in [1.807, 2.05) is 18.2 Å². The predicted octanol–water partition coefficient (Wildman–Crippen LogP) is 4.75. The van der Waals surface area contributed by atoms with E-state index in [1.54, 1.807) is 0 Å². The lowest BCUT2D eigenvalue weighted by atomic mass is 9.79. The summed E-state index contributed by atoms with van der Waals surface area (Å²) in [5.74, 6) is 0.482. The highest BCUT2D eigenvalue weighted by atomic mass is 79.9. The number of benzene rings is 2. The van der Waals surface area contributed by atoms with Crippen molar-refractivity contribution in [1.82, 2.24) is 0 Å². The molecule has 20 heavy (non-hydrogen) atoms. The second-order valence-corrected chi connectivity index (χ2v) is 6.12. The molecule has 0 saturated carbocycles. The van der Waals surface area contributed by atoms with Gasteiger partial charge in [-0.2, -0.15) is 0 Å². The van der Waals surface area contributed by atoms with Gasteiger partial charge >= 0.3 is 0 Å². The zero-order chi connectivity index (χ0) is 13.9. The number of rotatable bonds is 2. The fraction of sp³-hybridized carbons (Fsp3) is 0.235. The Morgan fingerprint density at radius 2 is 1.95 bits per heavy atom. The van der Waals surface area contributed by atoms with Gasteiger partial charge in [0.15, 0.2) is 0 Å². The lowest BCUT2D eigenvalue weighted by Crippen LogP contribution is -2.18. The fourth-order valence-electron chi connectivity index (χ4n) is 2.95. The molecule has 3 rings (SSSR count). The van der Waals surface area contributed by atoms with E-state index in [1.165, 1.54) is 11.1 Å². The minimum atomic E-state index is 0.482. The Labute approximate surface area is 127 Å². The zero-order valence-electron chi connectivity index (χ0n) is 11.1. The van der Waals surface area contributed by atoms with Crippen LogP contribution in [-0.2, 0) is 6.42 Å². The highest BCUT2D eigenvalue weighted by Gasteiger charge is 2.25. The molecule has 1 aliphatic rings. The van der Waals surface area contributed by atoms with Crippen LogP contribution in [-0.4, -0.2) is 10.9 Å². The van der Waals surface area contributed by atoms with Gasteiger partial charge in [-0.25, -0.2) is 0 Å². The van der Waals surface area contributed by atoms with Gasteiger partial charge in [0, 0.05) is 10.0 Å². The molecule has 3 heteroatoms. The summed E-state index contributed by atoms with van der Waals surface area (Å²) in [4.78, 5) is 0. The van der Waals surface area contributed by atoms with Gasteiger partial charge < -0.3 is 5.21 Å². The molecule has 0 aliphatic heterocycles. The Bertz CT molecular complexity index is 637. The summed E-state index contributed by atoms with van der Waals surface area (Å²) in [7, 11) is 0. The lowest BCUT2D eigenvalue weighted by Gasteiger charge is -2.26. The molecule has 0 radical (unpaired) electrons. The molecule has 0 fully saturated rings. The van der Waals surface area contributed by atoms with Crippen molar-refractivity contribution in [1.29, 1.82) is 0 Å². The summed E-state index contributed by atoms with van der Waals surface area (Å²) in [6.45, 7) is 0. The van der Waals surface area contributed by atoms with Gasteiger partial charge in [0.05, 0.1) is 5.71 Å². The Hall–Kier alpha value is -1.61. The monoisotopic (exact) mass is 329 g/mol. The minimum Gasteiger partial charge on any atom is -0.411 e. The molecule has 1 unspecified atom stereocenters. The van der Waals surface area contributed by atoms with Gasteiger partial charge in [-0.15, -0.1) is 0 Å². The molecule has 0 spiro atoms. The van der Waals surface area contributed by atoms with E-state index in [0.29, 0.717) is 5.92 Å². The van der Waals surface area contributed by atoms with Gasteiger partial charge in [-0.3, -0.25) is 0 Å². The molecule has 2 aromatic rings. The number of oxime groups is 1. The first kappa shape index (κ1) is 13.4. The summed E-state index contributed by atoms with van der Waals surface area (Å²) in [6, 6.07) is 16.8. The summed E-state index contributed by atoms with van der Waals surface area (Å²) in [5.41, 5.74) is 4.52. The number of hydrogen-bond donors (Lipinski definition) is 1.